The lowest BCUT2D eigenvalue weighted by atomic mass is 9.66. The molecule has 3 aliphatic rings. The van der Waals surface area contributed by atoms with E-state index in [0.29, 0.717) is 45.3 Å². The molecular formula is C25H32N2O5S. The second kappa shape index (κ2) is 9.14. The summed E-state index contributed by atoms with van der Waals surface area (Å²) in [6.45, 7) is 6.83. The Morgan fingerprint density at radius 3 is 2.64 bits per heavy atom. The summed E-state index contributed by atoms with van der Waals surface area (Å²) in [4.78, 5) is 43.4. The normalized spacial score (nSPS) is 32.1. The highest BCUT2D eigenvalue weighted by Crippen LogP contribution is 2.71. The van der Waals surface area contributed by atoms with Crippen LogP contribution in [0.5, 0.6) is 0 Å². The Hall–Kier alpha value is -2.32. The summed E-state index contributed by atoms with van der Waals surface area (Å²) >= 11 is 1.55. The van der Waals surface area contributed by atoms with Crippen molar-refractivity contribution in [3.8, 4) is 0 Å². The number of carboxylic acids is 1. The maximum atomic E-state index is 14.1. The van der Waals surface area contributed by atoms with Crippen molar-refractivity contribution in [2.75, 3.05) is 19.7 Å². The van der Waals surface area contributed by atoms with Crippen molar-refractivity contribution in [3.05, 3.63) is 48.6 Å². The first kappa shape index (κ1) is 23.8. The third-order valence-corrected chi connectivity index (χ3v) is 9.45. The summed E-state index contributed by atoms with van der Waals surface area (Å²) in [5.74, 6) is -2.84. The summed E-state index contributed by atoms with van der Waals surface area (Å²) < 4.78 is -1.29. The van der Waals surface area contributed by atoms with Gasteiger partial charge in [-0.1, -0.05) is 36.4 Å². The second-order valence-electron chi connectivity index (χ2n) is 9.52. The van der Waals surface area contributed by atoms with Crippen LogP contribution in [0.2, 0.25) is 0 Å². The van der Waals surface area contributed by atoms with Crippen LogP contribution < -0.4 is 0 Å². The van der Waals surface area contributed by atoms with Crippen LogP contribution in [0.25, 0.3) is 0 Å². The van der Waals surface area contributed by atoms with Gasteiger partial charge in [-0.25, -0.2) is 0 Å². The van der Waals surface area contributed by atoms with Gasteiger partial charge in [0.05, 0.1) is 16.6 Å². The molecule has 2 unspecified atom stereocenters. The topological polar surface area (TPSA) is 98.2 Å². The molecule has 2 N–H and O–H groups in total. The van der Waals surface area contributed by atoms with Gasteiger partial charge < -0.3 is 20.0 Å². The van der Waals surface area contributed by atoms with Gasteiger partial charge in [-0.15, -0.1) is 18.3 Å². The highest BCUT2D eigenvalue weighted by atomic mass is 32.2. The smallest absolute Gasteiger partial charge is 0.308 e. The SMILES string of the molecule is C=CCN(Cc1ccccc1)C(=O)C1N(CCCCO)C(=O)[C@@H]2[C@@H](C(=O)O)[C@@]3(C)CCC12S3. The number of nitrogens with zero attached hydrogens (tertiary/aromatic N) is 2. The summed E-state index contributed by atoms with van der Waals surface area (Å²) in [6.07, 6.45) is 4.09. The van der Waals surface area contributed by atoms with Gasteiger partial charge >= 0.3 is 5.97 Å². The number of benzene rings is 1. The molecule has 0 aliphatic carbocycles. The van der Waals surface area contributed by atoms with Gasteiger partial charge in [0.2, 0.25) is 11.8 Å². The van der Waals surface area contributed by atoms with Crippen molar-refractivity contribution in [2.24, 2.45) is 11.8 Å². The molecule has 7 nitrogen and oxygen atoms in total. The minimum absolute atomic E-state index is 0.0103. The number of carboxylic acid groups (broad SMARTS) is 1. The van der Waals surface area contributed by atoms with Crippen LogP contribution in [-0.4, -0.2) is 73.0 Å². The number of aliphatic hydroxyl groups excluding tert-OH is 1. The molecule has 1 aromatic rings. The summed E-state index contributed by atoms with van der Waals surface area (Å²) in [5, 5.41) is 19.3. The highest BCUT2D eigenvalue weighted by Gasteiger charge is 2.77. The lowest BCUT2D eigenvalue weighted by Crippen LogP contribution is -2.54. The van der Waals surface area contributed by atoms with E-state index in [0.717, 1.165) is 5.56 Å². The fraction of sp³-hybridized carbons (Fsp3) is 0.560. The van der Waals surface area contributed by atoms with E-state index in [2.05, 4.69) is 6.58 Å². The number of rotatable bonds is 10. The number of likely N-dealkylation sites (tertiary alicyclic amines) is 1. The number of carbonyl (C=O) groups is 3. The van der Waals surface area contributed by atoms with E-state index in [4.69, 9.17) is 0 Å². The van der Waals surface area contributed by atoms with Gasteiger partial charge in [-0.05, 0) is 38.2 Å². The van der Waals surface area contributed by atoms with Gasteiger partial charge in [0.25, 0.3) is 0 Å². The van der Waals surface area contributed by atoms with Crippen LogP contribution in [-0.2, 0) is 20.9 Å². The Balaban J connectivity index is 1.72. The van der Waals surface area contributed by atoms with E-state index < -0.39 is 33.3 Å². The van der Waals surface area contributed by atoms with Crippen LogP contribution in [0.1, 0.15) is 38.2 Å². The number of carbonyl (C=O) groups excluding carboxylic acids is 2. The number of aliphatic hydroxyl groups is 1. The van der Waals surface area contributed by atoms with Crippen molar-refractivity contribution in [1.82, 2.24) is 9.80 Å². The number of hydrogen-bond donors (Lipinski definition) is 2. The summed E-state index contributed by atoms with van der Waals surface area (Å²) in [5.41, 5.74) is 0.983. The summed E-state index contributed by atoms with van der Waals surface area (Å²) in [6, 6.07) is 8.97. The van der Waals surface area contributed by atoms with Crippen molar-refractivity contribution in [2.45, 2.75) is 54.7 Å². The predicted molar refractivity (Wildman–Crippen MR) is 126 cm³/mol. The van der Waals surface area contributed by atoms with Gasteiger partial charge in [0.15, 0.2) is 0 Å². The van der Waals surface area contributed by atoms with Crippen molar-refractivity contribution < 1.29 is 24.6 Å². The molecule has 3 fully saturated rings. The minimum Gasteiger partial charge on any atom is -0.481 e. The molecule has 1 spiro atoms. The number of amides is 2. The lowest BCUT2D eigenvalue weighted by molar-refractivity contribution is -0.150. The largest absolute Gasteiger partial charge is 0.481 e. The first-order valence-corrected chi connectivity index (χ1v) is 12.4. The van der Waals surface area contributed by atoms with Crippen molar-refractivity contribution in [1.29, 1.82) is 0 Å². The van der Waals surface area contributed by atoms with Gasteiger partial charge in [0, 0.05) is 31.0 Å². The molecule has 0 radical (unpaired) electrons. The molecule has 2 bridgehead atoms. The molecule has 33 heavy (non-hydrogen) atoms. The molecule has 3 heterocycles. The molecule has 0 aromatic heterocycles. The average molecular weight is 473 g/mol. The Morgan fingerprint density at radius 1 is 1.27 bits per heavy atom. The number of unbranched alkanes of at least 4 members (excludes halogenated alkanes) is 1. The van der Waals surface area contributed by atoms with E-state index >= 15 is 0 Å². The van der Waals surface area contributed by atoms with Gasteiger partial charge in [0.1, 0.15) is 6.04 Å². The number of hydrogen-bond acceptors (Lipinski definition) is 5. The maximum absolute atomic E-state index is 14.1. The molecule has 3 saturated heterocycles. The maximum Gasteiger partial charge on any atom is 0.308 e. The first-order valence-electron chi connectivity index (χ1n) is 11.6. The highest BCUT2D eigenvalue weighted by molar-refractivity contribution is 8.02. The Labute approximate surface area is 198 Å². The van der Waals surface area contributed by atoms with Crippen LogP contribution in [0.15, 0.2) is 43.0 Å². The molecule has 3 aliphatic heterocycles. The number of fused-ring (bicyclic) bond motifs is 1. The first-order chi connectivity index (χ1) is 15.8. The molecule has 5 atom stereocenters. The molecule has 178 valence electrons. The molecule has 2 amide bonds. The Bertz CT molecular complexity index is 940. The zero-order valence-corrected chi connectivity index (χ0v) is 19.8. The number of aliphatic carboxylic acids is 1. The van der Waals surface area contributed by atoms with E-state index in [1.165, 1.54) is 0 Å². The van der Waals surface area contributed by atoms with Crippen LogP contribution >= 0.6 is 11.8 Å². The standard InChI is InChI=1S/C25H32N2O5S/c1-3-13-26(16-17-9-5-4-6-10-17)22(30)20-25-12-11-24(2,33-25)19(23(31)32)18(25)21(29)27(20)14-7-8-15-28/h3-6,9-10,18-20,28H,1,7-8,11-16H2,2H3,(H,31,32)/t18-,19-,20?,24+,25?/m0/s1. The van der Waals surface area contributed by atoms with Crippen LogP contribution in [0.3, 0.4) is 0 Å². The van der Waals surface area contributed by atoms with Gasteiger partial charge in [-0.3, -0.25) is 14.4 Å². The van der Waals surface area contributed by atoms with E-state index in [-0.39, 0.29) is 18.4 Å². The van der Waals surface area contributed by atoms with E-state index in [1.807, 2.05) is 37.3 Å². The van der Waals surface area contributed by atoms with Crippen molar-refractivity contribution in [3.63, 3.8) is 0 Å². The Kier molecular flexibility index (Phi) is 6.60. The van der Waals surface area contributed by atoms with Crippen LogP contribution in [0, 0.1) is 11.8 Å². The molecule has 4 rings (SSSR count). The molecule has 1 aromatic carbocycles. The molecular weight excluding hydrogens is 440 g/mol. The third-order valence-electron chi connectivity index (χ3n) is 7.46. The average Bonchev–Trinajstić information content (AvgIpc) is 3.35. The fourth-order valence-electron chi connectivity index (χ4n) is 6.08. The van der Waals surface area contributed by atoms with Crippen molar-refractivity contribution >= 4 is 29.5 Å². The van der Waals surface area contributed by atoms with Gasteiger partial charge in [-0.2, -0.15) is 0 Å². The Morgan fingerprint density at radius 2 is 2.00 bits per heavy atom. The quantitative estimate of drug-likeness (QED) is 0.401. The zero-order valence-electron chi connectivity index (χ0n) is 19.0. The number of thioether (sulfide) groups is 1. The third kappa shape index (κ3) is 3.87. The second-order valence-corrected chi connectivity index (χ2v) is 11.4. The van der Waals surface area contributed by atoms with E-state index in [1.54, 1.807) is 27.6 Å². The molecule has 8 heteroatoms. The predicted octanol–water partition coefficient (Wildman–Crippen LogP) is 2.54. The minimum atomic E-state index is -0.958. The monoisotopic (exact) mass is 472 g/mol. The fourth-order valence-corrected chi connectivity index (χ4v) is 8.42. The molecule has 0 saturated carbocycles. The van der Waals surface area contributed by atoms with Crippen LogP contribution in [0.4, 0.5) is 0 Å². The summed E-state index contributed by atoms with van der Waals surface area (Å²) in [7, 11) is 0. The van der Waals surface area contributed by atoms with E-state index in [9.17, 15) is 24.6 Å². The lowest BCUT2D eigenvalue weighted by Gasteiger charge is -2.37. The zero-order chi connectivity index (χ0) is 23.8.